The zero-order valence-electron chi connectivity index (χ0n) is 11.4. The average Bonchev–Trinajstić information content (AvgIpc) is 2.83. The second kappa shape index (κ2) is 4.72. The largest absolute Gasteiger partial charge is 0.368 e. The molecule has 1 aliphatic rings. The van der Waals surface area contributed by atoms with Crippen molar-refractivity contribution < 1.29 is 4.39 Å². The minimum Gasteiger partial charge on any atom is -0.368 e. The minimum absolute atomic E-state index is 0.175. The number of anilines is 1. The molecule has 1 fully saturated rings. The zero-order valence-corrected chi connectivity index (χ0v) is 13.0. The lowest BCUT2D eigenvalue weighted by Gasteiger charge is -2.34. The highest BCUT2D eigenvalue weighted by Crippen LogP contribution is 2.37. The molecule has 0 aliphatic carbocycles. The van der Waals surface area contributed by atoms with Crippen LogP contribution in [0.2, 0.25) is 0 Å². The van der Waals surface area contributed by atoms with Crippen LogP contribution in [0.1, 0.15) is 5.56 Å². The normalized spacial score (nSPS) is 16.6. The maximum Gasteiger partial charge on any atom is 0.221 e. The van der Waals surface area contributed by atoms with Gasteiger partial charge in [-0.25, -0.2) is 14.4 Å². The Labute approximate surface area is 133 Å². The van der Waals surface area contributed by atoms with Crippen molar-refractivity contribution in [2.45, 2.75) is 5.67 Å². The van der Waals surface area contributed by atoms with Gasteiger partial charge in [-0.05, 0) is 28.1 Å². The summed E-state index contributed by atoms with van der Waals surface area (Å²) in [5, 5.41) is 3.74. The van der Waals surface area contributed by atoms with E-state index in [9.17, 15) is 4.39 Å². The number of rotatable bonds is 2. The van der Waals surface area contributed by atoms with Crippen molar-refractivity contribution in [2.24, 2.45) is 0 Å². The van der Waals surface area contributed by atoms with Gasteiger partial charge in [-0.3, -0.25) is 0 Å². The standard InChI is InChI=1S/C14H12BrFN6/c15-11-3-10-8(4-20-11)9(14(16)6-18-7-14)5-22(10)12-1-2-19-13(17)21-12/h1-5,18H,6-7H2,(H2,17,19,21). The quantitative estimate of drug-likeness (QED) is 0.680. The van der Waals surface area contributed by atoms with Crippen LogP contribution in [0.15, 0.2) is 35.3 Å². The Balaban J connectivity index is 2.00. The maximum absolute atomic E-state index is 14.9. The van der Waals surface area contributed by atoms with Crippen LogP contribution >= 0.6 is 15.9 Å². The van der Waals surface area contributed by atoms with E-state index in [0.717, 1.165) is 10.9 Å². The van der Waals surface area contributed by atoms with Gasteiger partial charge in [0.15, 0.2) is 5.67 Å². The van der Waals surface area contributed by atoms with Gasteiger partial charge in [-0.2, -0.15) is 4.98 Å². The molecule has 0 unspecified atom stereocenters. The molecule has 22 heavy (non-hydrogen) atoms. The van der Waals surface area contributed by atoms with E-state index >= 15 is 0 Å². The van der Waals surface area contributed by atoms with E-state index in [1.54, 1.807) is 24.7 Å². The molecule has 3 aromatic heterocycles. The highest BCUT2D eigenvalue weighted by Gasteiger charge is 2.41. The van der Waals surface area contributed by atoms with Gasteiger partial charge in [0.25, 0.3) is 0 Å². The summed E-state index contributed by atoms with van der Waals surface area (Å²) in [5.41, 5.74) is 5.71. The summed E-state index contributed by atoms with van der Waals surface area (Å²) >= 11 is 3.36. The molecule has 0 amide bonds. The van der Waals surface area contributed by atoms with Crippen LogP contribution in [0, 0.1) is 0 Å². The van der Waals surface area contributed by atoms with Crippen molar-refractivity contribution in [2.75, 3.05) is 18.8 Å². The number of nitrogens with one attached hydrogen (secondary N) is 1. The third kappa shape index (κ3) is 1.98. The van der Waals surface area contributed by atoms with E-state index in [2.05, 4.69) is 36.2 Å². The third-order valence-corrected chi connectivity index (χ3v) is 4.29. The van der Waals surface area contributed by atoms with Gasteiger partial charge >= 0.3 is 0 Å². The number of nitrogens with two attached hydrogens (primary N) is 1. The van der Waals surface area contributed by atoms with Crippen LogP contribution in [-0.2, 0) is 5.67 Å². The highest BCUT2D eigenvalue weighted by atomic mass is 79.9. The van der Waals surface area contributed by atoms with Crippen molar-refractivity contribution in [3.63, 3.8) is 0 Å². The Morgan fingerprint density at radius 2 is 2.18 bits per heavy atom. The molecule has 0 radical (unpaired) electrons. The van der Waals surface area contributed by atoms with Crippen LogP contribution in [0.25, 0.3) is 16.7 Å². The molecule has 1 saturated heterocycles. The minimum atomic E-state index is -1.38. The fourth-order valence-electron chi connectivity index (χ4n) is 2.67. The number of hydrogen-bond donors (Lipinski definition) is 2. The lowest BCUT2D eigenvalue weighted by Crippen LogP contribution is -2.53. The molecule has 3 aromatic rings. The second-order valence-electron chi connectivity index (χ2n) is 5.28. The monoisotopic (exact) mass is 362 g/mol. The predicted octanol–water partition coefficient (Wildman–Crippen LogP) is 1.93. The van der Waals surface area contributed by atoms with Gasteiger partial charge in [0, 0.05) is 42.6 Å². The molecule has 4 heterocycles. The molecule has 112 valence electrons. The molecular weight excluding hydrogens is 351 g/mol. The van der Waals surface area contributed by atoms with Crippen molar-refractivity contribution in [3.8, 4) is 5.82 Å². The summed E-state index contributed by atoms with van der Waals surface area (Å²) in [6.07, 6.45) is 5.02. The molecule has 3 N–H and O–H groups in total. The Bertz CT molecular complexity index is 873. The number of aromatic nitrogens is 4. The van der Waals surface area contributed by atoms with E-state index in [4.69, 9.17) is 5.73 Å². The second-order valence-corrected chi connectivity index (χ2v) is 6.09. The molecule has 1 aliphatic heterocycles. The Morgan fingerprint density at radius 1 is 1.36 bits per heavy atom. The SMILES string of the molecule is Nc1nccc(-n2cc(C3(F)CNC3)c3cnc(Br)cc32)n1. The maximum atomic E-state index is 14.9. The highest BCUT2D eigenvalue weighted by molar-refractivity contribution is 9.10. The number of halogens is 2. The number of pyridine rings is 1. The molecule has 0 aromatic carbocycles. The van der Waals surface area contributed by atoms with Crippen molar-refractivity contribution >= 4 is 32.8 Å². The van der Waals surface area contributed by atoms with E-state index in [-0.39, 0.29) is 5.95 Å². The zero-order chi connectivity index (χ0) is 15.3. The van der Waals surface area contributed by atoms with Crippen molar-refractivity contribution in [1.82, 2.24) is 24.8 Å². The predicted molar refractivity (Wildman–Crippen MR) is 84.4 cm³/mol. The summed E-state index contributed by atoms with van der Waals surface area (Å²) in [5.74, 6) is 0.770. The number of hydrogen-bond acceptors (Lipinski definition) is 5. The van der Waals surface area contributed by atoms with Gasteiger partial charge in [-0.1, -0.05) is 0 Å². The number of fused-ring (bicyclic) bond motifs is 1. The Hall–Kier alpha value is -2.06. The molecule has 8 heteroatoms. The molecule has 0 saturated carbocycles. The number of nitrogens with zero attached hydrogens (tertiary/aromatic N) is 4. The van der Waals surface area contributed by atoms with Crippen molar-refractivity contribution in [1.29, 1.82) is 0 Å². The fraction of sp³-hybridized carbons (Fsp3) is 0.214. The van der Waals surface area contributed by atoms with Crippen LogP contribution in [0.4, 0.5) is 10.3 Å². The molecular formula is C14H12BrFN6. The Morgan fingerprint density at radius 3 is 2.86 bits per heavy atom. The lowest BCUT2D eigenvalue weighted by molar-refractivity contribution is 0.0907. The average molecular weight is 363 g/mol. The smallest absolute Gasteiger partial charge is 0.221 e. The fourth-order valence-corrected chi connectivity index (χ4v) is 2.99. The van der Waals surface area contributed by atoms with Crippen LogP contribution < -0.4 is 11.1 Å². The van der Waals surface area contributed by atoms with Crippen LogP contribution in [0.3, 0.4) is 0 Å². The van der Waals surface area contributed by atoms with E-state index in [0.29, 0.717) is 29.1 Å². The number of alkyl halides is 1. The Kier molecular flexibility index (Phi) is 2.92. The summed E-state index contributed by atoms with van der Waals surface area (Å²) in [6, 6.07) is 3.57. The lowest BCUT2D eigenvalue weighted by atomic mass is 9.90. The molecule has 4 rings (SSSR count). The molecule has 0 atom stereocenters. The van der Waals surface area contributed by atoms with Gasteiger partial charge in [-0.15, -0.1) is 0 Å². The van der Waals surface area contributed by atoms with E-state index < -0.39 is 5.67 Å². The van der Waals surface area contributed by atoms with E-state index in [1.165, 1.54) is 0 Å². The summed E-state index contributed by atoms with van der Waals surface area (Å²) in [6.45, 7) is 0.599. The van der Waals surface area contributed by atoms with Gasteiger partial charge < -0.3 is 15.6 Å². The first-order chi connectivity index (χ1) is 10.6. The summed E-state index contributed by atoms with van der Waals surface area (Å²) in [7, 11) is 0. The summed E-state index contributed by atoms with van der Waals surface area (Å²) in [4.78, 5) is 12.3. The summed E-state index contributed by atoms with van der Waals surface area (Å²) < 4.78 is 17.4. The first-order valence-electron chi connectivity index (χ1n) is 6.72. The molecule has 0 bridgehead atoms. The van der Waals surface area contributed by atoms with Gasteiger partial charge in [0.05, 0.1) is 5.52 Å². The van der Waals surface area contributed by atoms with Gasteiger partial charge in [0.2, 0.25) is 5.95 Å². The van der Waals surface area contributed by atoms with E-state index in [1.807, 2.05) is 10.6 Å². The first-order valence-corrected chi connectivity index (χ1v) is 7.52. The van der Waals surface area contributed by atoms with Crippen LogP contribution in [0.5, 0.6) is 0 Å². The number of nitrogen functional groups attached to an aromatic ring is 1. The topological polar surface area (TPSA) is 81.6 Å². The van der Waals surface area contributed by atoms with Crippen molar-refractivity contribution in [3.05, 3.63) is 40.9 Å². The van der Waals surface area contributed by atoms with Gasteiger partial charge in [0.1, 0.15) is 10.4 Å². The van der Waals surface area contributed by atoms with Crippen LogP contribution in [-0.4, -0.2) is 32.6 Å². The molecule has 6 nitrogen and oxygen atoms in total. The first kappa shape index (κ1) is 13.6. The third-order valence-electron chi connectivity index (χ3n) is 3.86. The molecule has 0 spiro atoms.